The van der Waals surface area contributed by atoms with Crippen molar-refractivity contribution in [2.75, 3.05) is 0 Å². The van der Waals surface area contributed by atoms with Crippen LogP contribution >= 0.6 is 0 Å². The van der Waals surface area contributed by atoms with Crippen LogP contribution in [0.4, 0.5) is 0 Å². The van der Waals surface area contributed by atoms with Crippen LogP contribution in [-0.4, -0.2) is 29.9 Å². The van der Waals surface area contributed by atoms with E-state index in [0.717, 1.165) is 44.9 Å². The second-order valence-corrected chi connectivity index (χ2v) is 11.7. The van der Waals surface area contributed by atoms with Crippen LogP contribution in [0.1, 0.15) is 86.5 Å². The van der Waals surface area contributed by atoms with Gasteiger partial charge in [-0.3, -0.25) is 14.4 Å². The summed E-state index contributed by atoms with van der Waals surface area (Å²) in [5.41, 5.74) is -0.0107. The fraction of sp³-hybridized carbons (Fsp3) is 0.885. The highest BCUT2D eigenvalue weighted by Gasteiger charge is 2.66. The second-order valence-electron chi connectivity index (χ2n) is 11.7. The van der Waals surface area contributed by atoms with E-state index in [1.165, 1.54) is 13.8 Å². The molecule has 0 radical (unpaired) electrons. The fourth-order valence-electron chi connectivity index (χ4n) is 9.21. The first-order chi connectivity index (χ1) is 14.5. The molecule has 5 nitrogen and oxygen atoms in total. The number of hydrogen-bond donors (Lipinski definition) is 0. The standard InChI is InChI=1S/C26H40O5/c1-14-11-21-20-8-7-18-12-19(30-16(3)28)9-10-25(18,5)24(20)22(31-17(4)29)13-26(21,6)23(14)15(2)27/h14,18-24H,7-13H2,1-6H3. The number of Topliss-reactive ketones (excluding diaryl/α,β-unsaturated/α-hetero) is 1. The summed E-state index contributed by atoms with van der Waals surface area (Å²) in [6.07, 6.45) is 6.84. The predicted octanol–water partition coefficient (Wildman–Crippen LogP) is 4.95. The Morgan fingerprint density at radius 1 is 0.871 bits per heavy atom. The largest absolute Gasteiger partial charge is 0.463 e. The van der Waals surface area contributed by atoms with Gasteiger partial charge in [0.1, 0.15) is 18.0 Å². The molecule has 31 heavy (non-hydrogen) atoms. The van der Waals surface area contributed by atoms with E-state index < -0.39 is 0 Å². The molecule has 0 N–H and O–H groups in total. The summed E-state index contributed by atoms with van der Waals surface area (Å²) in [4.78, 5) is 36.3. The molecule has 10 unspecified atom stereocenters. The molecule has 4 fully saturated rings. The van der Waals surface area contributed by atoms with E-state index >= 15 is 0 Å². The molecule has 0 heterocycles. The normalized spacial score (nSPS) is 48.7. The number of ether oxygens (including phenoxy) is 2. The van der Waals surface area contributed by atoms with Gasteiger partial charge < -0.3 is 9.47 Å². The summed E-state index contributed by atoms with van der Waals surface area (Å²) in [5.74, 6) is 2.13. The first-order valence-electron chi connectivity index (χ1n) is 12.3. The SMILES string of the molecule is CC(=O)OC1CCC2(C)C(CCC3C4CC(C)C(C(C)=O)C4(C)CC(OC(C)=O)C32)C1. The summed E-state index contributed by atoms with van der Waals surface area (Å²) in [6.45, 7) is 11.7. The Labute approximate surface area is 187 Å². The third-order valence-electron chi connectivity index (χ3n) is 9.95. The maximum Gasteiger partial charge on any atom is 0.302 e. The average molecular weight is 433 g/mol. The molecule has 0 saturated heterocycles. The van der Waals surface area contributed by atoms with Crippen LogP contribution in [0.15, 0.2) is 0 Å². The second kappa shape index (κ2) is 7.88. The number of carbonyl (C=O) groups is 3. The highest BCUT2D eigenvalue weighted by molar-refractivity contribution is 5.80. The lowest BCUT2D eigenvalue weighted by Gasteiger charge is -2.62. The number of carbonyl (C=O) groups excluding carboxylic acids is 3. The molecule has 4 saturated carbocycles. The van der Waals surface area contributed by atoms with Gasteiger partial charge in [0, 0.05) is 25.7 Å². The molecule has 174 valence electrons. The minimum absolute atomic E-state index is 0.0155. The molecule has 10 atom stereocenters. The van der Waals surface area contributed by atoms with Crippen LogP contribution in [0.5, 0.6) is 0 Å². The number of esters is 2. The Balaban J connectivity index is 1.68. The van der Waals surface area contributed by atoms with Crippen LogP contribution in [0.25, 0.3) is 0 Å². The lowest BCUT2D eigenvalue weighted by atomic mass is 9.43. The van der Waals surface area contributed by atoms with Gasteiger partial charge in [0.05, 0.1) is 0 Å². The van der Waals surface area contributed by atoms with Crippen molar-refractivity contribution in [3.8, 4) is 0 Å². The van der Waals surface area contributed by atoms with Crippen molar-refractivity contribution in [3.63, 3.8) is 0 Å². The Bertz CT molecular complexity index is 761. The van der Waals surface area contributed by atoms with Crippen molar-refractivity contribution < 1.29 is 23.9 Å². The number of rotatable bonds is 3. The van der Waals surface area contributed by atoms with E-state index in [1.807, 2.05) is 0 Å². The van der Waals surface area contributed by atoms with Crippen molar-refractivity contribution in [1.29, 1.82) is 0 Å². The van der Waals surface area contributed by atoms with Gasteiger partial charge in [-0.25, -0.2) is 0 Å². The summed E-state index contributed by atoms with van der Waals surface area (Å²) < 4.78 is 11.7. The van der Waals surface area contributed by atoms with Crippen molar-refractivity contribution in [2.45, 2.75) is 98.7 Å². The Morgan fingerprint density at radius 3 is 2.16 bits per heavy atom. The molecule has 0 aromatic carbocycles. The molecule has 4 aliphatic rings. The van der Waals surface area contributed by atoms with Gasteiger partial charge in [-0.2, -0.15) is 0 Å². The van der Waals surface area contributed by atoms with Gasteiger partial charge in [-0.1, -0.05) is 20.8 Å². The van der Waals surface area contributed by atoms with Crippen LogP contribution in [0.2, 0.25) is 0 Å². The van der Waals surface area contributed by atoms with Crippen molar-refractivity contribution in [2.24, 2.45) is 46.3 Å². The van der Waals surface area contributed by atoms with Gasteiger partial charge in [-0.05, 0) is 86.4 Å². The molecule has 5 heteroatoms. The number of fused-ring (bicyclic) bond motifs is 5. The molecule has 4 rings (SSSR count). The minimum atomic E-state index is -0.212. The number of ketones is 1. The molecule has 0 aromatic heterocycles. The van der Waals surface area contributed by atoms with E-state index in [9.17, 15) is 14.4 Å². The highest BCUT2D eigenvalue weighted by atomic mass is 16.5. The van der Waals surface area contributed by atoms with E-state index in [1.54, 1.807) is 6.92 Å². The molecule has 0 aliphatic heterocycles. The first kappa shape index (κ1) is 22.8. The molecule has 0 spiro atoms. The van der Waals surface area contributed by atoms with Crippen molar-refractivity contribution in [1.82, 2.24) is 0 Å². The summed E-state index contributed by atoms with van der Waals surface area (Å²) in [6, 6.07) is 0. The van der Waals surface area contributed by atoms with Crippen LogP contribution in [0.3, 0.4) is 0 Å². The van der Waals surface area contributed by atoms with Gasteiger partial charge >= 0.3 is 11.9 Å². The Morgan fingerprint density at radius 2 is 1.55 bits per heavy atom. The van der Waals surface area contributed by atoms with E-state index in [2.05, 4.69) is 20.8 Å². The Hall–Kier alpha value is -1.39. The molecule has 0 amide bonds. The quantitative estimate of drug-likeness (QED) is 0.590. The lowest BCUT2D eigenvalue weighted by molar-refractivity contribution is -0.200. The lowest BCUT2D eigenvalue weighted by Crippen LogP contribution is -2.60. The Kier molecular flexibility index (Phi) is 5.79. The van der Waals surface area contributed by atoms with E-state index in [4.69, 9.17) is 9.47 Å². The monoisotopic (exact) mass is 432 g/mol. The minimum Gasteiger partial charge on any atom is -0.463 e. The highest BCUT2D eigenvalue weighted by Crippen LogP contribution is 2.69. The van der Waals surface area contributed by atoms with Crippen molar-refractivity contribution >= 4 is 17.7 Å². The van der Waals surface area contributed by atoms with E-state index in [0.29, 0.717) is 35.4 Å². The van der Waals surface area contributed by atoms with Gasteiger partial charge in [0.15, 0.2) is 0 Å². The van der Waals surface area contributed by atoms with Gasteiger partial charge in [0.25, 0.3) is 0 Å². The van der Waals surface area contributed by atoms with Crippen molar-refractivity contribution in [3.05, 3.63) is 0 Å². The summed E-state index contributed by atoms with van der Waals surface area (Å²) >= 11 is 0. The number of hydrogen-bond acceptors (Lipinski definition) is 5. The first-order valence-corrected chi connectivity index (χ1v) is 12.3. The molecule has 4 aliphatic carbocycles. The zero-order chi connectivity index (χ0) is 22.7. The maximum atomic E-state index is 12.7. The zero-order valence-corrected chi connectivity index (χ0v) is 20.1. The smallest absolute Gasteiger partial charge is 0.302 e. The van der Waals surface area contributed by atoms with Crippen LogP contribution < -0.4 is 0 Å². The third kappa shape index (κ3) is 3.64. The van der Waals surface area contributed by atoms with E-state index in [-0.39, 0.29) is 40.9 Å². The average Bonchev–Trinajstić information content (AvgIpc) is 2.90. The molecule has 0 aromatic rings. The third-order valence-corrected chi connectivity index (χ3v) is 9.95. The predicted molar refractivity (Wildman–Crippen MR) is 117 cm³/mol. The fourth-order valence-corrected chi connectivity index (χ4v) is 9.21. The topological polar surface area (TPSA) is 69.7 Å². The zero-order valence-electron chi connectivity index (χ0n) is 20.1. The molecular weight excluding hydrogens is 392 g/mol. The van der Waals surface area contributed by atoms with Gasteiger partial charge in [0.2, 0.25) is 0 Å². The van der Waals surface area contributed by atoms with Gasteiger partial charge in [-0.15, -0.1) is 0 Å². The maximum absolute atomic E-state index is 12.7. The molecular formula is C26H40O5. The molecule has 0 bridgehead atoms. The summed E-state index contributed by atoms with van der Waals surface area (Å²) in [5, 5.41) is 0. The summed E-state index contributed by atoms with van der Waals surface area (Å²) in [7, 11) is 0. The van der Waals surface area contributed by atoms with Crippen LogP contribution in [-0.2, 0) is 23.9 Å². The van der Waals surface area contributed by atoms with Crippen LogP contribution in [0, 0.1) is 46.3 Å².